The smallest absolute Gasteiger partial charge is 0.328 e. The van der Waals surface area contributed by atoms with Gasteiger partial charge in [-0.2, -0.15) is 0 Å². The number of carbonyl (C=O) groups is 4. The van der Waals surface area contributed by atoms with Crippen molar-refractivity contribution in [3.05, 3.63) is 71.8 Å². The normalized spacial score (nSPS) is 13.1. The zero-order valence-electron chi connectivity index (χ0n) is 25.1. The molecule has 8 nitrogen and oxygen atoms in total. The second-order valence-electron chi connectivity index (χ2n) is 10.9. The number of alkyl halides is 1. The fourth-order valence-corrected chi connectivity index (χ4v) is 4.56. The van der Waals surface area contributed by atoms with Crippen LogP contribution in [-0.2, 0) is 36.8 Å². The highest BCUT2D eigenvalue weighted by Crippen LogP contribution is 2.11. The Kier molecular flexibility index (Phi) is 16.3. The molecule has 42 heavy (non-hydrogen) atoms. The van der Waals surface area contributed by atoms with Crippen molar-refractivity contribution >= 4 is 35.3 Å². The Labute approximate surface area is 255 Å². The average molecular weight is 600 g/mol. The Morgan fingerprint density at radius 1 is 0.786 bits per heavy atom. The van der Waals surface area contributed by atoms with Crippen molar-refractivity contribution in [1.82, 2.24) is 16.0 Å². The Balaban J connectivity index is 2.19. The van der Waals surface area contributed by atoms with Gasteiger partial charge in [0.25, 0.3) is 0 Å². The second kappa shape index (κ2) is 19.7. The first-order chi connectivity index (χ1) is 20.2. The highest BCUT2D eigenvalue weighted by Gasteiger charge is 2.30. The molecule has 0 saturated heterocycles. The van der Waals surface area contributed by atoms with Crippen LogP contribution in [-0.4, -0.2) is 54.3 Å². The molecule has 3 N–H and O–H groups in total. The third-order valence-corrected chi connectivity index (χ3v) is 6.99. The van der Waals surface area contributed by atoms with E-state index < -0.39 is 35.9 Å². The van der Waals surface area contributed by atoms with Crippen LogP contribution in [0.3, 0.4) is 0 Å². The molecule has 2 aromatic carbocycles. The van der Waals surface area contributed by atoms with Gasteiger partial charge < -0.3 is 20.7 Å². The molecule has 2 aromatic rings. The second-order valence-corrected chi connectivity index (χ2v) is 11.3. The van der Waals surface area contributed by atoms with E-state index in [1.165, 1.54) is 0 Å². The lowest BCUT2D eigenvalue weighted by atomic mass is 10.00. The standard InChI is InChI=1S/C33H46ClN3O5/c1-4-5-21-42-33(41)29(23-26-15-10-7-11-16-26)37-32(40)28(22-24(2)3)36-31(39)27(35-30(38)17-12-20-34)19-18-25-13-8-6-9-14-25/h6-11,13-16,24,27-29H,4-5,12,17-23H2,1-3H3,(H,35,38)(H,36,39)(H,37,40)/t27-,28-,29-/m0/s1. The van der Waals surface area contributed by atoms with Crippen LogP contribution in [0, 0.1) is 5.92 Å². The number of rotatable bonds is 19. The van der Waals surface area contributed by atoms with Gasteiger partial charge in [0.2, 0.25) is 17.7 Å². The van der Waals surface area contributed by atoms with Gasteiger partial charge >= 0.3 is 5.97 Å². The van der Waals surface area contributed by atoms with Crippen LogP contribution in [0.5, 0.6) is 0 Å². The van der Waals surface area contributed by atoms with Gasteiger partial charge in [-0.05, 0) is 49.1 Å². The van der Waals surface area contributed by atoms with Crippen LogP contribution < -0.4 is 16.0 Å². The molecule has 3 atom stereocenters. The van der Waals surface area contributed by atoms with Gasteiger partial charge in [0.1, 0.15) is 18.1 Å². The molecular weight excluding hydrogens is 554 g/mol. The van der Waals surface area contributed by atoms with Crippen molar-refractivity contribution < 1.29 is 23.9 Å². The minimum Gasteiger partial charge on any atom is -0.464 e. The van der Waals surface area contributed by atoms with E-state index in [9.17, 15) is 19.2 Å². The van der Waals surface area contributed by atoms with E-state index in [0.29, 0.717) is 31.6 Å². The molecule has 0 aromatic heterocycles. The monoisotopic (exact) mass is 599 g/mol. The molecule has 0 aliphatic rings. The van der Waals surface area contributed by atoms with E-state index in [2.05, 4.69) is 16.0 Å². The summed E-state index contributed by atoms with van der Waals surface area (Å²) in [4.78, 5) is 52.6. The molecule has 0 aliphatic heterocycles. The fourth-order valence-electron chi connectivity index (χ4n) is 4.43. The van der Waals surface area contributed by atoms with Crippen molar-refractivity contribution in [2.45, 2.75) is 90.3 Å². The molecule has 0 radical (unpaired) electrons. The van der Waals surface area contributed by atoms with Gasteiger partial charge in [-0.1, -0.05) is 87.9 Å². The van der Waals surface area contributed by atoms with Crippen LogP contribution in [0.1, 0.15) is 70.4 Å². The Hall–Kier alpha value is -3.39. The number of esters is 1. The quantitative estimate of drug-likeness (QED) is 0.123. The topological polar surface area (TPSA) is 114 Å². The lowest BCUT2D eigenvalue weighted by Crippen LogP contribution is -2.56. The Bertz CT molecular complexity index is 1100. The summed E-state index contributed by atoms with van der Waals surface area (Å²) >= 11 is 5.75. The maximum Gasteiger partial charge on any atom is 0.328 e. The number of ether oxygens (including phenoxy) is 1. The molecular formula is C33H46ClN3O5. The number of hydrogen-bond acceptors (Lipinski definition) is 5. The minimum atomic E-state index is -0.910. The van der Waals surface area contributed by atoms with Crippen LogP contribution in [0.4, 0.5) is 0 Å². The molecule has 2 rings (SSSR count). The zero-order chi connectivity index (χ0) is 30.7. The lowest BCUT2D eigenvalue weighted by Gasteiger charge is -2.26. The molecule has 0 bridgehead atoms. The van der Waals surface area contributed by atoms with Gasteiger partial charge in [-0.25, -0.2) is 4.79 Å². The summed E-state index contributed by atoms with van der Waals surface area (Å²) < 4.78 is 5.45. The van der Waals surface area contributed by atoms with E-state index in [4.69, 9.17) is 16.3 Å². The lowest BCUT2D eigenvalue weighted by molar-refractivity contribution is -0.148. The summed E-state index contributed by atoms with van der Waals surface area (Å²) in [6.45, 7) is 6.18. The third kappa shape index (κ3) is 13.5. The maximum atomic E-state index is 13.6. The molecule has 0 spiro atoms. The molecule has 9 heteroatoms. The molecule has 0 heterocycles. The molecule has 0 fully saturated rings. The van der Waals surface area contributed by atoms with Crippen LogP contribution in [0.15, 0.2) is 60.7 Å². The van der Waals surface area contributed by atoms with E-state index in [0.717, 1.165) is 24.0 Å². The van der Waals surface area contributed by atoms with Crippen LogP contribution in [0.25, 0.3) is 0 Å². The molecule has 0 saturated carbocycles. The number of hydrogen-bond donors (Lipinski definition) is 3. The number of unbranched alkanes of at least 4 members (excludes halogenated alkanes) is 1. The van der Waals surface area contributed by atoms with Crippen molar-refractivity contribution in [2.24, 2.45) is 5.92 Å². The summed E-state index contributed by atoms with van der Waals surface area (Å²) in [5.41, 5.74) is 1.91. The number of nitrogens with one attached hydrogen (secondary N) is 3. The SMILES string of the molecule is CCCCOC(=O)[C@H](Cc1ccccc1)NC(=O)[C@H](CC(C)C)NC(=O)[C@H](CCc1ccccc1)NC(=O)CCCCl. The van der Waals surface area contributed by atoms with Crippen molar-refractivity contribution in [2.75, 3.05) is 12.5 Å². The number of aryl methyl sites for hydroxylation is 1. The van der Waals surface area contributed by atoms with Gasteiger partial charge in [0.05, 0.1) is 6.61 Å². The number of carbonyl (C=O) groups excluding carboxylic acids is 4. The van der Waals surface area contributed by atoms with Gasteiger partial charge in [0.15, 0.2) is 0 Å². The first kappa shape index (κ1) is 34.8. The van der Waals surface area contributed by atoms with Crippen molar-refractivity contribution in [3.8, 4) is 0 Å². The largest absolute Gasteiger partial charge is 0.464 e. The van der Waals surface area contributed by atoms with Gasteiger partial charge in [-0.15, -0.1) is 11.6 Å². The van der Waals surface area contributed by atoms with E-state index in [-0.39, 0.29) is 31.3 Å². The predicted octanol–water partition coefficient (Wildman–Crippen LogP) is 4.72. The maximum absolute atomic E-state index is 13.6. The first-order valence-electron chi connectivity index (χ1n) is 14.9. The summed E-state index contributed by atoms with van der Waals surface area (Å²) in [6.07, 6.45) is 3.84. The number of amides is 3. The van der Waals surface area contributed by atoms with Gasteiger partial charge in [-0.3, -0.25) is 14.4 Å². The summed E-state index contributed by atoms with van der Waals surface area (Å²) in [5.74, 6) is -1.28. The summed E-state index contributed by atoms with van der Waals surface area (Å²) in [7, 11) is 0. The third-order valence-electron chi connectivity index (χ3n) is 6.72. The van der Waals surface area contributed by atoms with Crippen molar-refractivity contribution in [1.29, 1.82) is 0 Å². The Morgan fingerprint density at radius 2 is 1.38 bits per heavy atom. The molecule has 0 unspecified atom stereocenters. The number of halogens is 1. The Morgan fingerprint density at radius 3 is 1.98 bits per heavy atom. The van der Waals surface area contributed by atoms with Crippen LogP contribution >= 0.6 is 11.6 Å². The van der Waals surface area contributed by atoms with Crippen LogP contribution in [0.2, 0.25) is 0 Å². The van der Waals surface area contributed by atoms with Gasteiger partial charge in [0, 0.05) is 18.7 Å². The van der Waals surface area contributed by atoms with Crippen molar-refractivity contribution in [3.63, 3.8) is 0 Å². The fraction of sp³-hybridized carbons (Fsp3) is 0.515. The molecule has 3 amide bonds. The highest BCUT2D eigenvalue weighted by molar-refractivity contribution is 6.17. The molecule has 230 valence electrons. The summed E-state index contributed by atoms with van der Waals surface area (Å²) in [6, 6.07) is 16.4. The van der Waals surface area contributed by atoms with E-state index >= 15 is 0 Å². The first-order valence-corrected chi connectivity index (χ1v) is 15.5. The van der Waals surface area contributed by atoms with E-state index in [1.807, 2.05) is 81.4 Å². The molecule has 0 aliphatic carbocycles. The van der Waals surface area contributed by atoms with E-state index in [1.54, 1.807) is 0 Å². The predicted molar refractivity (Wildman–Crippen MR) is 166 cm³/mol. The highest BCUT2D eigenvalue weighted by atomic mass is 35.5. The average Bonchev–Trinajstić information content (AvgIpc) is 2.98. The zero-order valence-corrected chi connectivity index (χ0v) is 25.8. The minimum absolute atomic E-state index is 0.0752. The number of benzene rings is 2. The summed E-state index contributed by atoms with van der Waals surface area (Å²) in [5, 5.41) is 8.53.